The van der Waals surface area contributed by atoms with Crippen molar-refractivity contribution in [2.75, 3.05) is 13.2 Å². The molecule has 0 unspecified atom stereocenters. The van der Waals surface area contributed by atoms with E-state index in [1.807, 2.05) is 31.2 Å². The number of hydrogen-bond donors (Lipinski definition) is 1. The first-order valence-corrected chi connectivity index (χ1v) is 10.5. The van der Waals surface area contributed by atoms with Gasteiger partial charge in [-0.3, -0.25) is 0 Å². The molecule has 0 aliphatic rings. The van der Waals surface area contributed by atoms with Crippen molar-refractivity contribution >= 4 is 17.0 Å². The minimum absolute atomic E-state index is 0.0697. The van der Waals surface area contributed by atoms with Gasteiger partial charge in [0, 0.05) is 11.9 Å². The second-order valence-electron chi connectivity index (χ2n) is 7.64. The van der Waals surface area contributed by atoms with E-state index < -0.39 is 0 Å². The molecule has 3 aromatic rings. The number of nitrogens with zero attached hydrogens (tertiary/aromatic N) is 2. The fourth-order valence-electron chi connectivity index (χ4n) is 3.00. The summed E-state index contributed by atoms with van der Waals surface area (Å²) in [6, 6.07) is 16.4. The molecule has 0 saturated heterocycles. The van der Waals surface area contributed by atoms with Crippen molar-refractivity contribution < 1.29 is 9.84 Å². The summed E-state index contributed by atoms with van der Waals surface area (Å²) in [5, 5.41) is 11.7. The van der Waals surface area contributed by atoms with Gasteiger partial charge in [-0.1, -0.05) is 45.0 Å². The number of aliphatic hydroxyl groups is 1. The van der Waals surface area contributed by atoms with Crippen LogP contribution in [-0.4, -0.2) is 22.9 Å². The molecule has 0 aliphatic heterocycles. The average Bonchev–Trinajstić information content (AvgIpc) is 3.06. The molecule has 0 fully saturated rings. The highest BCUT2D eigenvalue weighted by molar-refractivity contribution is 7.07. The first-order valence-electron chi connectivity index (χ1n) is 9.60. The summed E-state index contributed by atoms with van der Waals surface area (Å²) >= 11 is 1.58. The van der Waals surface area contributed by atoms with Gasteiger partial charge in [-0.15, -0.1) is 11.3 Å². The molecule has 0 amide bonds. The van der Waals surface area contributed by atoms with E-state index in [2.05, 4.69) is 55.0 Å². The molecule has 5 heteroatoms. The van der Waals surface area contributed by atoms with E-state index in [0.717, 1.165) is 27.5 Å². The van der Waals surface area contributed by atoms with Crippen molar-refractivity contribution in [2.45, 2.75) is 39.7 Å². The van der Waals surface area contributed by atoms with Gasteiger partial charge in [0.2, 0.25) is 0 Å². The molecule has 0 saturated carbocycles. The summed E-state index contributed by atoms with van der Waals surface area (Å²) < 4.78 is 7.57. The van der Waals surface area contributed by atoms with E-state index in [4.69, 9.17) is 9.73 Å². The molecular formula is C23H28N2O2S. The van der Waals surface area contributed by atoms with E-state index in [1.165, 1.54) is 5.56 Å². The second kappa shape index (κ2) is 8.76. The topological polar surface area (TPSA) is 46.8 Å². The van der Waals surface area contributed by atoms with Crippen LogP contribution in [0, 0.1) is 0 Å². The quantitative estimate of drug-likeness (QED) is 0.627. The van der Waals surface area contributed by atoms with Crippen molar-refractivity contribution in [3.63, 3.8) is 0 Å². The first kappa shape index (κ1) is 20.4. The molecule has 0 atom stereocenters. The molecule has 28 heavy (non-hydrogen) atoms. The molecular weight excluding hydrogens is 368 g/mol. The Hall–Kier alpha value is -2.37. The van der Waals surface area contributed by atoms with Gasteiger partial charge in [0.05, 0.1) is 24.6 Å². The number of hydrogen-bond acceptors (Lipinski definition) is 4. The maximum absolute atomic E-state index is 9.57. The molecule has 148 valence electrons. The zero-order valence-corrected chi connectivity index (χ0v) is 17.8. The molecule has 0 aliphatic carbocycles. The smallest absolute Gasteiger partial charge is 0.190 e. The van der Waals surface area contributed by atoms with Crippen LogP contribution in [0.15, 0.2) is 58.9 Å². The van der Waals surface area contributed by atoms with Crippen molar-refractivity contribution in [1.29, 1.82) is 0 Å². The number of benzene rings is 2. The fraction of sp³-hybridized carbons (Fsp3) is 0.348. The predicted molar refractivity (Wildman–Crippen MR) is 116 cm³/mol. The Kier molecular flexibility index (Phi) is 6.37. The Morgan fingerprint density at radius 2 is 1.71 bits per heavy atom. The SMILES string of the molecule is CCOc1ccc(N=c2scc(-c3ccc(C(C)(C)C)cc3)n2CCO)cc1. The molecule has 1 aromatic heterocycles. The molecule has 0 radical (unpaired) electrons. The Labute approximate surface area is 170 Å². The molecule has 1 heterocycles. The molecule has 0 spiro atoms. The van der Waals surface area contributed by atoms with Crippen molar-refractivity contribution in [3.8, 4) is 17.0 Å². The zero-order chi connectivity index (χ0) is 20.1. The number of aliphatic hydroxyl groups excluding tert-OH is 1. The highest BCUT2D eigenvalue weighted by Crippen LogP contribution is 2.27. The summed E-state index contributed by atoms with van der Waals surface area (Å²) in [7, 11) is 0. The Balaban J connectivity index is 1.97. The van der Waals surface area contributed by atoms with Crippen LogP contribution >= 0.6 is 11.3 Å². The van der Waals surface area contributed by atoms with Gasteiger partial charge in [-0.05, 0) is 47.7 Å². The van der Waals surface area contributed by atoms with E-state index in [-0.39, 0.29) is 12.0 Å². The molecule has 1 N–H and O–H groups in total. The van der Waals surface area contributed by atoms with Gasteiger partial charge < -0.3 is 14.4 Å². The number of ether oxygens (including phenoxy) is 1. The summed E-state index contributed by atoms with van der Waals surface area (Å²) in [6.07, 6.45) is 0. The minimum Gasteiger partial charge on any atom is -0.494 e. The molecule has 2 aromatic carbocycles. The largest absolute Gasteiger partial charge is 0.494 e. The maximum atomic E-state index is 9.57. The lowest BCUT2D eigenvalue weighted by molar-refractivity contribution is 0.275. The lowest BCUT2D eigenvalue weighted by Gasteiger charge is -2.19. The van der Waals surface area contributed by atoms with E-state index in [1.54, 1.807) is 11.3 Å². The summed E-state index contributed by atoms with van der Waals surface area (Å²) in [5.74, 6) is 0.843. The van der Waals surface area contributed by atoms with Crippen LogP contribution in [-0.2, 0) is 12.0 Å². The van der Waals surface area contributed by atoms with Crippen LogP contribution in [0.25, 0.3) is 11.3 Å². The summed E-state index contributed by atoms with van der Waals surface area (Å²) in [5.41, 5.74) is 4.50. The Morgan fingerprint density at radius 3 is 2.29 bits per heavy atom. The second-order valence-corrected chi connectivity index (χ2v) is 8.48. The van der Waals surface area contributed by atoms with Gasteiger partial charge in [0.1, 0.15) is 5.75 Å². The van der Waals surface area contributed by atoms with E-state index in [0.29, 0.717) is 13.2 Å². The number of aromatic nitrogens is 1. The maximum Gasteiger partial charge on any atom is 0.190 e. The van der Waals surface area contributed by atoms with Gasteiger partial charge in [0.25, 0.3) is 0 Å². The van der Waals surface area contributed by atoms with E-state index in [9.17, 15) is 5.11 Å². The van der Waals surface area contributed by atoms with Crippen molar-refractivity contribution in [2.24, 2.45) is 4.99 Å². The van der Waals surface area contributed by atoms with Crippen LogP contribution in [0.3, 0.4) is 0 Å². The molecule has 3 rings (SSSR count). The minimum atomic E-state index is 0.0697. The third-order valence-electron chi connectivity index (χ3n) is 4.54. The van der Waals surface area contributed by atoms with Crippen LogP contribution in [0.2, 0.25) is 0 Å². The van der Waals surface area contributed by atoms with Crippen LogP contribution in [0.1, 0.15) is 33.3 Å². The van der Waals surface area contributed by atoms with Crippen LogP contribution in [0.4, 0.5) is 5.69 Å². The Bertz CT molecular complexity index is 962. The molecule has 4 nitrogen and oxygen atoms in total. The standard InChI is InChI=1S/C23H28N2O2S/c1-5-27-20-12-10-19(11-13-20)24-22-25(14-15-26)21(16-28-22)17-6-8-18(9-7-17)23(2,3)4/h6-13,16,26H,5,14-15H2,1-4H3. The van der Waals surface area contributed by atoms with Gasteiger partial charge >= 0.3 is 0 Å². The zero-order valence-electron chi connectivity index (χ0n) is 17.0. The van der Waals surface area contributed by atoms with Crippen molar-refractivity contribution in [3.05, 3.63) is 64.3 Å². The molecule has 0 bridgehead atoms. The number of rotatable bonds is 6. The fourth-order valence-corrected chi connectivity index (χ4v) is 3.96. The monoisotopic (exact) mass is 396 g/mol. The third kappa shape index (κ3) is 4.72. The highest BCUT2D eigenvalue weighted by Gasteiger charge is 2.14. The highest BCUT2D eigenvalue weighted by atomic mass is 32.1. The van der Waals surface area contributed by atoms with E-state index >= 15 is 0 Å². The van der Waals surface area contributed by atoms with Gasteiger partial charge in [0.15, 0.2) is 4.80 Å². The van der Waals surface area contributed by atoms with Crippen LogP contribution in [0.5, 0.6) is 5.75 Å². The summed E-state index contributed by atoms with van der Waals surface area (Å²) in [6.45, 7) is 9.84. The lowest BCUT2D eigenvalue weighted by Crippen LogP contribution is -2.18. The normalized spacial score (nSPS) is 12.4. The van der Waals surface area contributed by atoms with Gasteiger partial charge in [-0.2, -0.15) is 0 Å². The average molecular weight is 397 g/mol. The summed E-state index contributed by atoms with van der Waals surface area (Å²) in [4.78, 5) is 5.65. The van der Waals surface area contributed by atoms with Crippen molar-refractivity contribution in [1.82, 2.24) is 4.57 Å². The van der Waals surface area contributed by atoms with Gasteiger partial charge in [-0.25, -0.2) is 4.99 Å². The predicted octanol–water partition coefficient (Wildman–Crippen LogP) is 5.14. The third-order valence-corrected chi connectivity index (χ3v) is 5.40. The lowest BCUT2D eigenvalue weighted by atomic mass is 9.86. The first-order chi connectivity index (χ1) is 13.4. The van der Waals surface area contributed by atoms with Crippen LogP contribution < -0.4 is 9.54 Å². The Morgan fingerprint density at radius 1 is 1.04 bits per heavy atom. The number of thiazole rings is 1.